The molecule has 2 N–H and O–H groups in total. The van der Waals surface area contributed by atoms with E-state index in [9.17, 15) is 8.42 Å². The molecule has 1 aromatic heterocycles. The van der Waals surface area contributed by atoms with Gasteiger partial charge in [-0.3, -0.25) is 4.98 Å². The van der Waals surface area contributed by atoms with E-state index in [0.717, 1.165) is 5.56 Å². The van der Waals surface area contributed by atoms with Crippen molar-refractivity contribution in [3.8, 4) is 0 Å². The molecule has 0 fully saturated rings. The first-order valence-corrected chi connectivity index (χ1v) is 7.12. The van der Waals surface area contributed by atoms with Gasteiger partial charge in [-0.1, -0.05) is 12.1 Å². The molecule has 4 nitrogen and oxygen atoms in total. The lowest BCUT2D eigenvalue weighted by molar-refractivity contribution is 0.595. The van der Waals surface area contributed by atoms with Gasteiger partial charge in [0.1, 0.15) is 0 Å². The molecule has 0 atom stereocenters. The van der Waals surface area contributed by atoms with Crippen LogP contribution < -0.4 is 5.73 Å². The fourth-order valence-corrected chi connectivity index (χ4v) is 3.25. The Kier molecular flexibility index (Phi) is 3.34. The van der Waals surface area contributed by atoms with Gasteiger partial charge in [0, 0.05) is 12.4 Å². The lowest BCUT2D eigenvalue weighted by Gasteiger charge is -2.08. The average molecular weight is 262 g/mol. The summed E-state index contributed by atoms with van der Waals surface area (Å²) in [4.78, 5) is 4.09. The molecule has 0 saturated carbocycles. The van der Waals surface area contributed by atoms with Crippen molar-refractivity contribution in [1.82, 2.24) is 4.98 Å². The molecule has 1 aromatic carbocycles. The maximum absolute atomic E-state index is 12.3. The van der Waals surface area contributed by atoms with Crippen LogP contribution in [0.25, 0.3) is 0 Å². The SMILES string of the molecule is Cc1ccc(N)c(S(=O)(=O)Cc2cccnc2)c1. The number of rotatable bonds is 3. The Hall–Kier alpha value is -1.88. The second-order valence-corrected chi connectivity index (χ2v) is 6.12. The summed E-state index contributed by atoms with van der Waals surface area (Å²) in [7, 11) is -3.43. The van der Waals surface area contributed by atoms with Crippen molar-refractivity contribution in [3.05, 3.63) is 53.9 Å². The zero-order valence-electron chi connectivity index (χ0n) is 10.00. The Morgan fingerprint density at radius 1 is 1.28 bits per heavy atom. The molecule has 2 aromatic rings. The van der Waals surface area contributed by atoms with Gasteiger partial charge in [-0.25, -0.2) is 8.42 Å². The maximum Gasteiger partial charge on any atom is 0.184 e. The Morgan fingerprint density at radius 3 is 2.72 bits per heavy atom. The van der Waals surface area contributed by atoms with Gasteiger partial charge >= 0.3 is 0 Å². The van der Waals surface area contributed by atoms with Crippen LogP contribution in [-0.4, -0.2) is 13.4 Å². The van der Waals surface area contributed by atoms with Crippen LogP contribution in [-0.2, 0) is 15.6 Å². The van der Waals surface area contributed by atoms with Gasteiger partial charge in [0.25, 0.3) is 0 Å². The Labute approximate surface area is 106 Å². The third-order valence-electron chi connectivity index (χ3n) is 2.58. The summed E-state index contributed by atoms with van der Waals surface area (Å²) in [6.45, 7) is 1.84. The molecular formula is C13H14N2O2S. The molecule has 0 unspecified atom stereocenters. The monoisotopic (exact) mass is 262 g/mol. The van der Waals surface area contributed by atoms with E-state index in [1.54, 1.807) is 42.7 Å². The number of anilines is 1. The lowest BCUT2D eigenvalue weighted by Crippen LogP contribution is -2.08. The van der Waals surface area contributed by atoms with Crippen LogP contribution in [0.5, 0.6) is 0 Å². The fourth-order valence-electron chi connectivity index (χ4n) is 1.69. The molecular weight excluding hydrogens is 248 g/mol. The van der Waals surface area contributed by atoms with E-state index in [1.807, 2.05) is 6.92 Å². The van der Waals surface area contributed by atoms with E-state index >= 15 is 0 Å². The summed E-state index contributed by atoms with van der Waals surface area (Å²) < 4.78 is 24.5. The third-order valence-corrected chi connectivity index (χ3v) is 4.32. The fraction of sp³-hybridized carbons (Fsp3) is 0.154. The van der Waals surface area contributed by atoms with Gasteiger partial charge in [-0.2, -0.15) is 0 Å². The van der Waals surface area contributed by atoms with Crippen LogP contribution in [0.1, 0.15) is 11.1 Å². The summed E-state index contributed by atoms with van der Waals surface area (Å²) in [6.07, 6.45) is 3.15. The standard InChI is InChI=1S/C13H14N2O2S/c1-10-4-5-12(14)13(7-10)18(16,17)9-11-3-2-6-15-8-11/h2-8H,9,14H2,1H3. The van der Waals surface area contributed by atoms with Crippen LogP contribution in [0.2, 0.25) is 0 Å². The number of hydrogen-bond acceptors (Lipinski definition) is 4. The van der Waals surface area contributed by atoms with Crippen molar-refractivity contribution in [2.45, 2.75) is 17.6 Å². The Bertz CT molecular complexity index is 652. The minimum Gasteiger partial charge on any atom is -0.398 e. The summed E-state index contributed by atoms with van der Waals surface area (Å²) in [6, 6.07) is 8.45. The van der Waals surface area contributed by atoms with Gasteiger partial charge < -0.3 is 5.73 Å². The summed E-state index contributed by atoms with van der Waals surface area (Å²) in [5.41, 5.74) is 7.54. The number of nitrogen functional groups attached to an aromatic ring is 1. The van der Waals surface area contributed by atoms with Crippen molar-refractivity contribution in [3.63, 3.8) is 0 Å². The van der Waals surface area contributed by atoms with Crippen LogP contribution in [0, 0.1) is 6.92 Å². The predicted octanol–water partition coefficient (Wildman–Crippen LogP) is 1.95. The van der Waals surface area contributed by atoms with Gasteiger partial charge in [0.05, 0.1) is 16.3 Å². The number of nitrogens with zero attached hydrogens (tertiary/aromatic N) is 1. The lowest BCUT2D eigenvalue weighted by atomic mass is 10.2. The molecule has 2 rings (SSSR count). The number of aromatic nitrogens is 1. The number of pyridine rings is 1. The highest BCUT2D eigenvalue weighted by Gasteiger charge is 2.18. The number of benzene rings is 1. The van der Waals surface area contributed by atoms with Crippen molar-refractivity contribution in [2.75, 3.05) is 5.73 Å². The molecule has 0 aliphatic carbocycles. The van der Waals surface area contributed by atoms with E-state index in [-0.39, 0.29) is 16.3 Å². The molecule has 5 heteroatoms. The van der Waals surface area contributed by atoms with Crippen LogP contribution >= 0.6 is 0 Å². The highest BCUT2D eigenvalue weighted by molar-refractivity contribution is 7.90. The van der Waals surface area contributed by atoms with Crippen molar-refractivity contribution in [2.24, 2.45) is 0 Å². The van der Waals surface area contributed by atoms with E-state index in [0.29, 0.717) is 5.56 Å². The summed E-state index contributed by atoms with van der Waals surface area (Å²) >= 11 is 0. The van der Waals surface area contributed by atoms with Crippen molar-refractivity contribution >= 4 is 15.5 Å². The molecule has 0 spiro atoms. The van der Waals surface area contributed by atoms with Crippen molar-refractivity contribution in [1.29, 1.82) is 0 Å². The zero-order valence-corrected chi connectivity index (χ0v) is 10.8. The molecule has 0 aliphatic heterocycles. The molecule has 0 aliphatic rings. The Balaban J connectivity index is 2.40. The molecule has 0 saturated heterocycles. The number of sulfone groups is 1. The molecule has 0 radical (unpaired) electrons. The predicted molar refractivity (Wildman–Crippen MR) is 70.7 cm³/mol. The third kappa shape index (κ3) is 2.68. The van der Waals surface area contributed by atoms with Gasteiger partial charge in [-0.15, -0.1) is 0 Å². The van der Waals surface area contributed by atoms with E-state index < -0.39 is 9.84 Å². The number of hydrogen-bond donors (Lipinski definition) is 1. The number of aryl methyl sites for hydroxylation is 1. The molecule has 0 bridgehead atoms. The summed E-state index contributed by atoms with van der Waals surface area (Å²) in [5, 5.41) is 0. The van der Waals surface area contributed by atoms with E-state index in [1.165, 1.54) is 0 Å². The second-order valence-electron chi connectivity index (χ2n) is 4.16. The Morgan fingerprint density at radius 2 is 2.06 bits per heavy atom. The second kappa shape index (κ2) is 4.78. The van der Waals surface area contributed by atoms with Gasteiger partial charge in [0.15, 0.2) is 9.84 Å². The highest BCUT2D eigenvalue weighted by atomic mass is 32.2. The number of nitrogens with two attached hydrogens (primary N) is 1. The van der Waals surface area contributed by atoms with Crippen molar-refractivity contribution < 1.29 is 8.42 Å². The zero-order chi connectivity index (χ0) is 13.2. The molecule has 1 heterocycles. The average Bonchev–Trinajstić information content (AvgIpc) is 2.33. The van der Waals surface area contributed by atoms with E-state index in [4.69, 9.17) is 5.73 Å². The first-order chi connectivity index (χ1) is 8.49. The molecule has 94 valence electrons. The quantitative estimate of drug-likeness (QED) is 0.858. The van der Waals surface area contributed by atoms with Crippen LogP contribution in [0.15, 0.2) is 47.6 Å². The minimum atomic E-state index is -3.43. The molecule has 0 amide bonds. The van der Waals surface area contributed by atoms with E-state index in [2.05, 4.69) is 4.98 Å². The van der Waals surface area contributed by atoms with Gasteiger partial charge in [-0.05, 0) is 36.2 Å². The highest BCUT2D eigenvalue weighted by Crippen LogP contribution is 2.23. The smallest absolute Gasteiger partial charge is 0.184 e. The van der Waals surface area contributed by atoms with Crippen LogP contribution in [0.3, 0.4) is 0 Å². The summed E-state index contributed by atoms with van der Waals surface area (Å²) in [5.74, 6) is -0.0888. The van der Waals surface area contributed by atoms with Gasteiger partial charge in [0.2, 0.25) is 0 Å². The molecule has 18 heavy (non-hydrogen) atoms. The topological polar surface area (TPSA) is 73.1 Å². The normalized spacial score (nSPS) is 11.4. The maximum atomic E-state index is 12.3. The first-order valence-electron chi connectivity index (χ1n) is 5.47. The minimum absolute atomic E-state index is 0.0888. The largest absolute Gasteiger partial charge is 0.398 e. The van der Waals surface area contributed by atoms with Crippen LogP contribution in [0.4, 0.5) is 5.69 Å². The first kappa shape index (κ1) is 12.6.